The molecule has 5 nitrogen and oxygen atoms in total. The number of ether oxygens (including phenoxy) is 1. The molecule has 0 N–H and O–H groups in total. The van der Waals surface area contributed by atoms with Crippen LogP contribution < -0.4 is 0 Å². The maximum absolute atomic E-state index is 12.4. The molecule has 4 aliphatic rings. The molecule has 0 aliphatic heterocycles. The van der Waals surface area contributed by atoms with Crippen molar-refractivity contribution in [2.45, 2.75) is 43.1 Å². The Morgan fingerprint density at radius 3 is 2.22 bits per heavy atom. The van der Waals surface area contributed by atoms with Gasteiger partial charge in [0.05, 0.1) is 10.5 Å². The van der Waals surface area contributed by atoms with E-state index in [0.29, 0.717) is 11.8 Å². The average molecular weight is 335 g/mol. The van der Waals surface area contributed by atoms with Crippen molar-refractivity contribution in [2.24, 2.45) is 23.7 Å². The minimum Gasteiger partial charge on any atom is -0.744 e. The van der Waals surface area contributed by atoms with Gasteiger partial charge in [-0.3, -0.25) is 0 Å². The van der Waals surface area contributed by atoms with Crippen LogP contribution in [0.15, 0.2) is 29.2 Å². The molecule has 23 heavy (non-hydrogen) atoms. The monoisotopic (exact) mass is 335 g/mol. The number of esters is 1. The Morgan fingerprint density at radius 2 is 1.65 bits per heavy atom. The van der Waals surface area contributed by atoms with E-state index in [4.69, 9.17) is 4.74 Å². The summed E-state index contributed by atoms with van der Waals surface area (Å²) in [5, 5.41) is 0. The predicted octanol–water partition coefficient (Wildman–Crippen LogP) is 2.57. The lowest BCUT2D eigenvalue weighted by Crippen LogP contribution is -2.50. The Kier molecular flexibility index (Phi) is 3.50. The highest BCUT2D eigenvalue weighted by Gasteiger charge is 2.49. The summed E-state index contributed by atoms with van der Waals surface area (Å²) in [6.45, 7) is 0. The van der Waals surface area contributed by atoms with Gasteiger partial charge in [0.1, 0.15) is 16.2 Å². The Hall–Kier alpha value is -1.40. The minimum absolute atomic E-state index is 0.0529. The van der Waals surface area contributed by atoms with Gasteiger partial charge in [0.15, 0.2) is 0 Å². The molecule has 4 bridgehead atoms. The third-order valence-electron chi connectivity index (χ3n) is 5.74. The zero-order chi connectivity index (χ0) is 16.2. The summed E-state index contributed by atoms with van der Waals surface area (Å²) in [6, 6.07) is 5.20. The van der Waals surface area contributed by atoms with Crippen molar-refractivity contribution in [1.29, 1.82) is 0 Å². The molecule has 0 spiro atoms. The number of carbonyl (C=O) groups excluding carboxylic acids is 1. The molecule has 0 radical (unpaired) electrons. The van der Waals surface area contributed by atoms with Crippen LogP contribution in [-0.4, -0.2) is 25.0 Å². The van der Waals surface area contributed by atoms with Gasteiger partial charge in [0, 0.05) is 0 Å². The molecule has 4 aliphatic carbocycles. The van der Waals surface area contributed by atoms with Gasteiger partial charge in [-0.1, -0.05) is 6.07 Å². The van der Waals surface area contributed by atoms with E-state index >= 15 is 0 Å². The maximum atomic E-state index is 12.4. The van der Waals surface area contributed by atoms with Gasteiger partial charge in [-0.25, -0.2) is 13.2 Å². The van der Waals surface area contributed by atoms with Crippen LogP contribution in [0.2, 0.25) is 0 Å². The van der Waals surface area contributed by atoms with Crippen LogP contribution in [0.25, 0.3) is 0 Å². The smallest absolute Gasteiger partial charge is 0.338 e. The van der Waals surface area contributed by atoms with Gasteiger partial charge in [0.2, 0.25) is 0 Å². The van der Waals surface area contributed by atoms with E-state index in [1.165, 1.54) is 24.6 Å². The number of benzene rings is 1. The lowest BCUT2D eigenvalue weighted by molar-refractivity contribution is -0.101. The standard InChI is InChI=1S/C17H20O5S/c18-17(12-2-1-3-15(9-12)23(19,20)21)22-16-13-5-10-4-11(7-13)8-14(16)6-10/h1-3,9-11,13-14,16H,4-8H2,(H,19,20,21)/p-1. The normalized spacial score (nSPS) is 35.3. The summed E-state index contributed by atoms with van der Waals surface area (Å²) in [4.78, 5) is 12.0. The average Bonchev–Trinajstić information content (AvgIpc) is 2.49. The van der Waals surface area contributed by atoms with E-state index in [-0.39, 0.29) is 11.7 Å². The molecular formula is C17H19O5S-. The van der Waals surface area contributed by atoms with Crippen molar-refractivity contribution in [3.8, 4) is 0 Å². The molecule has 1 aromatic carbocycles. The van der Waals surface area contributed by atoms with Crippen LogP contribution in [-0.2, 0) is 14.9 Å². The quantitative estimate of drug-likeness (QED) is 0.626. The Balaban J connectivity index is 1.52. The third-order valence-corrected chi connectivity index (χ3v) is 6.57. The molecule has 124 valence electrons. The van der Waals surface area contributed by atoms with Crippen molar-refractivity contribution < 1.29 is 22.5 Å². The molecule has 0 atom stereocenters. The highest BCUT2D eigenvalue weighted by Crippen LogP contribution is 2.54. The molecule has 5 rings (SSSR count). The second-order valence-corrected chi connectivity index (χ2v) is 8.66. The number of rotatable bonds is 3. The fourth-order valence-corrected chi connectivity index (χ4v) is 5.55. The largest absolute Gasteiger partial charge is 0.744 e. The maximum Gasteiger partial charge on any atom is 0.338 e. The molecule has 0 unspecified atom stereocenters. The van der Waals surface area contributed by atoms with Gasteiger partial charge in [-0.15, -0.1) is 0 Å². The Labute approximate surface area is 135 Å². The molecule has 0 heterocycles. The van der Waals surface area contributed by atoms with E-state index in [0.717, 1.165) is 43.6 Å². The fraction of sp³-hybridized carbons (Fsp3) is 0.588. The van der Waals surface area contributed by atoms with E-state index in [2.05, 4.69) is 0 Å². The molecule has 6 heteroatoms. The van der Waals surface area contributed by atoms with Crippen LogP contribution in [0.3, 0.4) is 0 Å². The Bertz CT molecular complexity index is 711. The predicted molar refractivity (Wildman–Crippen MR) is 80.7 cm³/mol. The highest BCUT2D eigenvalue weighted by atomic mass is 32.2. The first kappa shape index (κ1) is 15.1. The van der Waals surface area contributed by atoms with Crippen molar-refractivity contribution in [2.75, 3.05) is 0 Å². The first-order valence-corrected chi connectivity index (χ1v) is 9.58. The highest BCUT2D eigenvalue weighted by molar-refractivity contribution is 7.85. The van der Waals surface area contributed by atoms with E-state index in [9.17, 15) is 17.8 Å². The van der Waals surface area contributed by atoms with E-state index in [1.54, 1.807) is 0 Å². The van der Waals surface area contributed by atoms with Crippen molar-refractivity contribution in [1.82, 2.24) is 0 Å². The molecule has 0 amide bonds. The van der Waals surface area contributed by atoms with Crippen LogP contribution in [0.4, 0.5) is 0 Å². The van der Waals surface area contributed by atoms with Crippen LogP contribution in [0, 0.1) is 23.7 Å². The van der Waals surface area contributed by atoms with Gasteiger partial charge >= 0.3 is 5.97 Å². The molecule has 1 aromatic rings. The lowest BCUT2D eigenvalue weighted by Gasteiger charge is -2.53. The first-order valence-electron chi connectivity index (χ1n) is 8.17. The van der Waals surface area contributed by atoms with Crippen molar-refractivity contribution in [3.63, 3.8) is 0 Å². The minimum atomic E-state index is -4.57. The topological polar surface area (TPSA) is 83.5 Å². The lowest BCUT2D eigenvalue weighted by atomic mass is 9.55. The van der Waals surface area contributed by atoms with Crippen LogP contribution in [0.5, 0.6) is 0 Å². The summed E-state index contributed by atoms with van der Waals surface area (Å²) in [5.74, 6) is 1.96. The second-order valence-electron chi connectivity index (χ2n) is 7.28. The van der Waals surface area contributed by atoms with Gasteiger partial charge in [-0.2, -0.15) is 0 Å². The van der Waals surface area contributed by atoms with Crippen LogP contribution >= 0.6 is 0 Å². The Morgan fingerprint density at radius 1 is 1.04 bits per heavy atom. The van der Waals surface area contributed by atoms with Crippen molar-refractivity contribution in [3.05, 3.63) is 29.8 Å². The number of hydrogen-bond acceptors (Lipinski definition) is 5. The summed E-state index contributed by atoms with van der Waals surface area (Å²) in [7, 11) is -4.57. The summed E-state index contributed by atoms with van der Waals surface area (Å²) < 4.78 is 39.0. The molecular weight excluding hydrogens is 316 g/mol. The fourth-order valence-electron chi connectivity index (χ4n) is 5.04. The van der Waals surface area contributed by atoms with E-state index < -0.39 is 21.0 Å². The first-order chi connectivity index (χ1) is 10.9. The number of hydrogen-bond donors (Lipinski definition) is 0. The summed E-state index contributed by atoms with van der Waals surface area (Å²) in [5.41, 5.74) is 0.135. The van der Waals surface area contributed by atoms with Gasteiger partial charge < -0.3 is 9.29 Å². The van der Waals surface area contributed by atoms with Gasteiger partial charge in [0.25, 0.3) is 0 Å². The number of carbonyl (C=O) groups is 1. The zero-order valence-corrected chi connectivity index (χ0v) is 13.5. The summed E-state index contributed by atoms with van der Waals surface area (Å²) >= 11 is 0. The van der Waals surface area contributed by atoms with Crippen LogP contribution in [0.1, 0.15) is 42.5 Å². The zero-order valence-electron chi connectivity index (χ0n) is 12.7. The molecule has 4 fully saturated rings. The van der Waals surface area contributed by atoms with E-state index in [1.807, 2.05) is 0 Å². The third kappa shape index (κ3) is 2.78. The van der Waals surface area contributed by atoms with Crippen molar-refractivity contribution >= 4 is 16.1 Å². The summed E-state index contributed by atoms with van der Waals surface area (Å²) in [6.07, 6.45) is 5.83. The molecule has 4 saturated carbocycles. The van der Waals surface area contributed by atoms with Gasteiger partial charge in [-0.05, 0) is 74.0 Å². The molecule has 0 saturated heterocycles. The molecule has 0 aromatic heterocycles. The SMILES string of the molecule is O=C(OC1C2CC3CC(C2)CC1C3)c1cccc(S(=O)(=O)[O-])c1. The second kappa shape index (κ2) is 5.31.